The Labute approximate surface area is 178 Å². The van der Waals surface area contributed by atoms with E-state index < -0.39 is 22.7 Å². The highest BCUT2D eigenvalue weighted by Gasteiger charge is 2.44. The fourth-order valence-electron chi connectivity index (χ4n) is 2.72. The van der Waals surface area contributed by atoms with Crippen molar-refractivity contribution in [2.75, 3.05) is 6.61 Å². The van der Waals surface area contributed by atoms with Gasteiger partial charge in [-0.3, -0.25) is 0 Å². The largest absolute Gasteiger partial charge is 0.416 e. The molecule has 0 saturated carbocycles. The summed E-state index contributed by atoms with van der Waals surface area (Å²) in [5.74, 6) is 0.263. The lowest BCUT2D eigenvalue weighted by Crippen LogP contribution is -2.51. The van der Waals surface area contributed by atoms with Crippen LogP contribution in [0.3, 0.4) is 0 Å². The van der Waals surface area contributed by atoms with Gasteiger partial charge in [-0.25, -0.2) is 0 Å². The lowest BCUT2D eigenvalue weighted by Gasteiger charge is -2.45. The molecule has 0 aromatic rings. The Morgan fingerprint density at radius 3 is 1.68 bits per heavy atom. The van der Waals surface area contributed by atoms with Gasteiger partial charge >= 0.3 is 0 Å². The monoisotopic (exact) mass is 430 g/mol. The summed E-state index contributed by atoms with van der Waals surface area (Å²) in [6, 6.07) is 0. The van der Waals surface area contributed by atoms with Gasteiger partial charge in [0.1, 0.15) is 0 Å². The van der Waals surface area contributed by atoms with Crippen molar-refractivity contribution in [3.8, 4) is 0 Å². The minimum Gasteiger partial charge on any atom is -0.416 e. The van der Waals surface area contributed by atoms with E-state index in [1.54, 1.807) is 0 Å². The van der Waals surface area contributed by atoms with Crippen molar-refractivity contribution in [3.63, 3.8) is 0 Å². The van der Waals surface area contributed by atoms with Gasteiger partial charge in [-0.15, -0.1) is 6.58 Å². The van der Waals surface area contributed by atoms with Crippen LogP contribution in [0.5, 0.6) is 0 Å². The molecule has 5 atom stereocenters. The topological polar surface area (TPSA) is 38.7 Å². The molecule has 0 aromatic carbocycles. The van der Waals surface area contributed by atoms with E-state index in [9.17, 15) is 5.11 Å². The molecule has 0 aliphatic rings. The highest BCUT2D eigenvalue weighted by atomic mass is 28.4. The first-order chi connectivity index (χ1) is 12.3. The third-order valence-corrected chi connectivity index (χ3v) is 16.3. The van der Waals surface area contributed by atoms with Crippen LogP contribution >= 0.6 is 0 Å². The number of aliphatic hydroxyl groups is 1. The molecule has 28 heavy (non-hydrogen) atoms. The molecule has 0 aliphatic carbocycles. The molecular formula is C23H50O3Si2. The lowest BCUT2D eigenvalue weighted by atomic mass is 9.84. The van der Waals surface area contributed by atoms with Gasteiger partial charge in [-0.05, 0) is 36.3 Å². The van der Waals surface area contributed by atoms with E-state index in [2.05, 4.69) is 88.2 Å². The van der Waals surface area contributed by atoms with Crippen LogP contribution in [-0.2, 0) is 8.85 Å². The first-order valence-electron chi connectivity index (χ1n) is 10.9. The Balaban J connectivity index is 5.62. The van der Waals surface area contributed by atoms with Crippen molar-refractivity contribution >= 4 is 16.6 Å². The molecule has 0 unspecified atom stereocenters. The van der Waals surface area contributed by atoms with E-state index in [1.807, 2.05) is 13.0 Å². The van der Waals surface area contributed by atoms with Crippen molar-refractivity contribution in [2.24, 2.45) is 17.8 Å². The Morgan fingerprint density at radius 2 is 1.32 bits per heavy atom. The van der Waals surface area contributed by atoms with Gasteiger partial charge in [-0.2, -0.15) is 0 Å². The average Bonchev–Trinajstić information content (AvgIpc) is 2.53. The van der Waals surface area contributed by atoms with Crippen molar-refractivity contribution in [3.05, 3.63) is 12.7 Å². The summed E-state index contributed by atoms with van der Waals surface area (Å²) >= 11 is 0. The first-order valence-corrected chi connectivity index (χ1v) is 16.7. The highest BCUT2D eigenvalue weighted by Crippen LogP contribution is 2.41. The molecule has 0 saturated heterocycles. The Bertz CT molecular complexity index is 489. The maximum Gasteiger partial charge on any atom is 0.192 e. The minimum absolute atomic E-state index is 0.0140. The quantitative estimate of drug-likeness (QED) is 0.304. The molecule has 168 valence electrons. The van der Waals surface area contributed by atoms with E-state index in [0.29, 0.717) is 6.61 Å². The predicted octanol–water partition coefficient (Wildman–Crippen LogP) is 6.85. The van der Waals surface area contributed by atoms with Gasteiger partial charge in [-0.1, -0.05) is 68.4 Å². The SMILES string of the molecule is C=C[C@H](C)[C@H](O)[C@@H](C)[C@@H](O[Si](C)(C)C(C)(C)C)[C@H](C)CO[Si](C)(C)C(C)(C)C. The molecule has 0 bridgehead atoms. The number of hydrogen-bond donors (Lipinski definition) is 1. The minimum atomic E-state index is -1.98. The van der Waals surface area contributed by atoms with Crippen molar-refractivity contribution in [2.45, 2.75) is 111 Å². The summed E-state index contributed by atoms with van der Waals surface area (Å²) in [5.41, 5.74) is 0. The standard InChI is InChI=1S/C23H50O3Si2/c1-15-17(2)20(24)19(4)21(26-28(13,14)23(8,9)10)18(3)16-25-27(11,12)22(5,6)7/h15,17-21,24H,1,16H2,2-14H3/t17-,18+,19+,20-,21-/m0/s1. The van der Waals surface area contributed by atoms with E-state index >= 15 is 0 Å². The molecule has 1 N–H and O–H groups in total. The maximum absolute atomic E-state index is 10.9. The zero-order valence-corrected chi connectivity index (χ0v) is 23.1. The van der Waals surface area contributed by atoms with E-state index in [-0.39, 0.29) is 33.9 Å². The molecule has 0 heterocycles. The van der Waals surface area contributed by atoms with E-state index in [1.165, 1.54) is 0 Å². The van der Waals surface area contributed by atoms with Gasteiger partial charge in [0.15, 0.2) is 16.6 Å². The van der Waals surface area contributed by atoms with Gasteiger partial charge in [0, 0.05) is 24.4 Å². The summed E-state index contributed by atoms with van der Waals surface area (Å²) in [5, 5.41) is 11.2. The number of aliphatic hydroxyl groups excluding tert-OH is 1. The molecular weight excluding hydrogens is 380 g/mol. The second-order valence-electron chi connectivity index (χ2n) is 11.8. The highest BCUT2D eigenvalue weighted by molar-refractivity contribution is 6.74. The summed E-state index contributed by atoms with van der Waals surface area (Å²) in [4.78, 5) is 0. The maximum atomic E-state index is 10.9. The molecule has 5 heteroatoms. The summed E-state index contributed by atoms with van der Waals surface area (Å²) in [7, 11) is -3.80. The van der Waals surface area contributed by atoms with Crippen molar-refractivity contribution < 1.29 is 14.0 Å². The molecule has 0 radical (unpaired) electrons. The fraction of sp³-hybridized carbons (Fsp3) is 0.913. The normalized spacial score (nSPS) is 19.6. The zero-order chi connectivity index (χ0) is 22.7. The molecule has 0 fully saturated rings. The summed E-state index contributed by atoms with van der Waals surface area (Å²) in [6.07, 6.45) is 1.33. The Morgan fingerprint density at radius 1 is 0.893 bits per heavy atom. The number of rotatable bonds is 10. The Kier molecular flexibility index (Phi) is 9.93. The van der Waals surface area contributed by atoms with Gasteiger partial charge in [0.25, 0.3) is 0 Å². The molecule has 0 aromatic heterocycles. The first kappa shape index (κ1) is 28.1. The van der Waals surface area contributed by atoms with Crippen LogP contribution in [0.2, 0.25) is 36.3 Å². The van der Waals surface area contributed by atoms with Crippen LogP contribution in [0.25, 0.3) is 0 Å². The summed E-state index contributed by atoms with van der Waals surface area (Å²) < 4.78 is 13.4. The van der Waals surface area contributed by atoms with E-state index in [4.69, 9.17) is 8.85 Å². The zero-order valence-electron chi connectivity index (χ0n) is 21.1. The molecule has 0 amide bonds. The average molecular weight is 431 g/mol. The van der Waals surface area contributed by atoms with Crippen molar-refractivity contribution in [1.82, 2.24) is 0 Å². The lowest BCUT2D eigenvalue weighted by molar-refractivity contribution is -0.0231. The smallest absolute Gasteiger partial charge is 0.192 e. The second-order valence-corrected chi connectivity index (χ2v) is 21.4. The fourth-order valence-corrected chi connectivity index (χ4v) is 5.32. The predicted molar refractivity (Wildman–Crippen MR) is 129 cm³/mol. The molecule has 3 nitrogen and oxygen atoms in total. The molecule has 0 spiro atoms. The van der Waals surface area contributed by atoms with Gasteiger partial charge < -0.3 is 14.0 Å². The van der Waals surface area contributed by atoms with Crippen LogP contribution in [-0.4, -0.2) is 40.6 Å². The molecule has 0 aliphatic heterocycles. The van der Waals surface area contributed by atoms with Gasteiger partial charge in [0.05, 0.1) is 12.2 Å². The number of hydrogen-bond acceptors (Lipinski definition) is 3. The Hall–Kier alpha value is 0.0538. The third kappa shape index (κ3) is 7.39. The van der Waals surface area contributed by atoms with Crippen LogP contribution < -0.4 is 0 Å². The molecule has 0 rings (SSSR count). The van der Waals surface area contributed by atoms with Crippen LogP contribution in [0.15, 0.2) is 12.7 Å². The van der Waals surface area contributed by atoms with Crippen molar-refractivity contribution in [1.29, 1.82) is 0 Å². The van der Waals surface area contributed by atoms with Crippen LogP contribution in [0.1, 0.15) is 62.3 Å². The van der Waals surface area contributed by atoms with E-state index in [0.717, 1.165) is 0 Å². The van der Waals surface area contributed by atoms with Crippen LogP contribution in [0.4, 0.5) is 0 Å². The summed E-state index contributed by atoms with van der Waals surface area (Å²) in [6.45, 7) is 33.7. The van der Waals surface area contributed by atoms with Gasteiger partial charge in [0.2, 0.25) is 0 Å². The second kappa shape index (κ2) is 9.91. The third-order valence-electron chi connectivity index (χ3n) is 7.28. The van der Waals surface area contributed by atoms with Crippen LogP contribution in [0, 0.1) is 17.8 Å².